The predicted octanol–water partition coefficient (Wildman–Crippen LogP) is 2.86. The van der Waals surface area contributed by atoms with Gasteiger partial charge in [-0.25, -0.2) is 0 Å². The number of nitrogens with zero attached hydrogens (tertiary/aromatic N) is 1. The lowest BCUT2D eigenvalue weighted by Gasteiger charge is -2.03. The molecule has 2 aromatic rings. The third-order valence-electron chi connectivity index (χ3n) is 3.61. The Bertz CT molecular complexity index is 640. The minimum absolute atomic E-state index is 0.0457. The van der Waals surface area contributed by atoms with Gasteiger partial charge in [-0.1, -0.05) is 24.8 Å². The number of hydrogen-bond acceptors (Lipinski definition) is 2. The summed E-state index contributed by atoms with van der Waals surface area (Å²) in [5.41, 5.74) is 5.75. The lowest BCUT2D eigenvalue weighted by atomic mass is 10.0. The van der Waals surface area contributed by atoms with E-state index in [1.54, 1.807) is 0 Å². The summed E-state index contributed by atoms with van der Waals surface area (Å²) in [5, 5.41) is 7.54. The number of allylic oxidation sites excluding steroid dienone is 1. The lowest BCUT2D eigenvalue weighted by molar-refractivity contribution is -0.114. The van der Waals surface area contributed by atoms with Crippen LogP contribution in [-0.2, 0) is 24.1 Å². The van der Waals surface area contributed by atoms with Gasteiger partial charge in [0.2, 0.25) is 0 Å². The van der Waals surface area contributed by atoms with Gasteiger partial charge in [-0.15, -0.1) is 0 Å². The standard InChI is InChI=1S/C16H16N2O/c1-2-13(19)10-11-5-3-6-12(9-11)16-14-7-4-8-15(14)17-18-16/h2-3,5-6,9H,1,4,7-8,10H2,(H,17,18). The van der Waals surface area contributed by atoms with E-state index in [-0.39, 0.29) is 5.78 Å². The van der Waals surface area contributed by atoms with E-state index in [1.807, 2.05) is 12.1 Å². The molecule has 0 bridgehead atoms. The van der Waals surface area contributed by atoms with E-state index in [9.17, 15) is 4.79 Å². The summed E-state index contributed by atoms with van der Waals surface area (Å²) in [5.74, 6) is 0.0457. The topological polar surface area (TPSA) is 45.8 Å². The largest absolute Gasteiger partial charge is 0.295 e. The molecule has 0 spiro atoms. The molecule has 0 fully saturated rings. The highest BCUT2D eigenvalue weighted by molar-refractivity contribution is 5.91. The van der Waals surface area contributed by atoms with E-state index >= 15 is 0 Å². The monoisotopic (exact) mass is 252 g/mol. The molecule has 1 aromatic carbocycles. The Morgan fingerprint density at radius 2 is 2.32 bits per heavy atom. The Morgan fingerprint density at radius 3 is 3.16 bits per heavy atom. The van der Waals surface area contributed by atoms with Crippen molar-refractivity contribution in [3.63, 3.8) is 0 Å². The second-order valence-corrected chi connectivity index (χ2v) is 4.93. The van der Waals surface area contributed by atoms with E-state index in [1.165, 1.54) is 23.8 Å². The zero-order valence-corrected chi connectivity index (χ0v) is 10.8. The third-order valence-corrected chi connectivity index (χ3v) is 3.61. The molecule has 3 rings (SSSR count). The van der Waals surface area contributed by atoms with Gasteiger partial charge in [-0.05, 0) is 37.0 Å². The number of aryl methyl sites for hydroxylation is 1. The normalized spacial score (nSPS) is 13.3. The number of H-pyrrole nitrogens is 1. The average Bonchev–Trinajstić information content (AvgIpc) is 3.01. The molecule has 0 saturated heterocycles. The molecule has 96 valence electrons. The summed E-state index contributed by atoms with van der Waals surface area (Å²) in [6.45, 7) is 3.51. The number of benzene rings is 1. The summed E-state index contributed by atoms with van der Waals surface area (Å²) >= 11 is 0. The van der Waals surface area contributed by atoms with Crippen molar-refractivity contribution in [2.75, 3.05) is 0 Å². The van der Waals surface area contributed by atoms with Crippen LogP contribution >= 0.6 is 0 Å². The fourth-order valence-corrected chi connectivity index (χ4v) is 2.66. The molecule has 1 aliphatic rings. The van der Waals surface area contributed by atoms with Crippen LogP contribution in [-0.4, -0.2) is 16.0 Å². The molecular formula is C16H16N2O. The number of carbonyl (C=O) groups excluding carboxylic acids is 1. The van der Waals surface area contributed by atoms with Crippen molar-refractivity contribution in [1.29, 1.82) is 0 Å². The van der Waals surface area contributed by atoms with Crippen LogP contribution in [0.25, 0.3) is 11.3 Å². The molecule has 3 heteroatoms. The first-order valence-corrected chi connectivity index (χ1v) is 6.58. The number of carbonyl (C=O) groups is 1. The van der Waals surface area contributed by atoms with Crippen LogP contribution in [0.3, 0.4) is 0 Å². The Labute approximate surface area is 112 Å². The molecule has 19 heavy (non-hydrogen) atoms. The molecular weight excluding hydrogens is 236 g/mol. The SMILES string of the molecule is C=CC(=O)Cc1cccc(-c2n[nH]c3c2CCC3)c1. The van der Waals surface area contributed by atoms with Gasteiger partial charge in [0.25, 0.3) is 0 Å². The first-order valence-electron chi connectivity index (χ1n) is 6.58. The van der Waals surface area contributed by atoms with Crippen LogP contribution in [0.4, 0.5) is 0 Å². The number of rotatable bonds is 4. The first kappa shape index (κ1) is 11.9. The van der Waals surface area contributed by atoms with Crippen molar-refractivity contribution in [2.45, 2.75) is 25.7 Å². The zero-order chi connectivity index (χ0) is 13.2. The van der Waals surface area contributed by atoms with E-state index in [2.05, 4.69) is 28.9 Å². The number of nitrogens with one attached hydrogen (secondary N) is 1. The molecule has 0 saturated carbocycles. The van der Waals surface area contributed by atoms with Crippen molar-refractivity contribution < 1.29 is 4.79 Å². The molecule has 0 atom stereocenters. The van der Waals surface area contributed by atoms with Gasteiger partial charge >= 0.3 is 0 Å². The van der Waals surface area contributed by atoms with Crippen LogP contribution in [0, 0.1) is 0 Å². The van der Waals surface area contributed by atoms with Crippen molar-refractivity contribution in [2.24, 2.45) is 0 Å². The highest BCUT2D eigenvalue weighted by atomic mass is 16.1. The summed E-state index contributed by atoms with van der Waals surface area (Å²) in [6, 6.07) is 8.06. The Kier molecular flexibility index (Phi) is 3.03. The summed E-state index contributed by atoms with van der Waals surface area (Å²) < 4.78 is 0. The average molecular weight is 252 g/mol. The molecule has 1 aromatic heterocycles. The van der Waals surface area contributed by atoms with Crippen molar-refractivity contribution in [1.82, 2.24) is 10.2 Å². The van der Waals surface area contributed by atoms with Crippen LogP contribution in [0.5, 0.6) is 0 Å². The van der Waals surface area contributed by atoms with Crippen LogP contribution in [0.15, 0.2) is 36.9 Å². The van der Waals surface area contributed by atoms with Gasteiger partial charge in [0, 0.05) is 23.2 Å². The third kappa shape index (κ3) is 2.24. The molecule has 0 amide bonds. The lowest BCUT2D eigenvalue weighted by Crippen LogP contribution is -1.98. The van der Waals surface area contributed by atoms with E-state index in [0.29, 0.717) is 6.42 Å². The fraction of sp³-hybridized carbons (Fsp3) is 0.250. The molecule has 0 radical (unpaired) electrons. The Hall–Kier alpha value is -2.16. The molecule has 0 unspecified atom stereocenters. The molecule has 3 nitrogen and oxygen atoms in total. The quantitative estimate of drug-likeness (QED) is 0.850. The molecule has 1 heterocycles. The number of ketones is 1. The smallest absolute Gasteiger partial charge is 0.159 e. The maximum Gasteiger partial charge on any atom is 0.159 e. The van der Waals surface area contributed by atoms with E-state index in [0.717, 1.165) is 29.7 Å². The fourth-order valence-electron chi connectivity index (χ4n) is 2.66. The Morgan fingerprint density at radius 1 is 1.42 bits per heavy atom. The summed E-state index contributed by atoms with van der Waals surface area (Å²) in [6.07, 6.45) is 5.17. The van der Waals surface area contributed by atoms with Crippen molar-refractivity contribution in [3.8, 4) is 11.3 Å². The summed E-state index contributed by atoms with van der Waals surface area (Å²) in [4.78, 5) is 11.4. The van der Waals surface area contributed by atoms with Gasteiger partial charge < -0.3 is 0 Å². The van der Waals surface area contributed by atoms with Crippen molar-refractivity contribution in [3.05, 3.63) is 53.7 Å². The summed E-state index contributed by atoms with van der Waals surface area (Å²) in [7, 11) is 0. The maximum absolute atomic E-state index is 11.4. The Balaban J connectivity index is 1.94. The van der Waals surface area contributed by atoms with Gasteiger partial charge in [0.05, 0.1) is 5.69 Å². The minimum atomic E-state index is 0.0457. The number of fused-ring (bicyclic) bond motifs is 1. The van der Waals surface area contributed by atoms with Gasteiger partial charge in [0.1, 0.15) is 0 Å². The van der Waals surface area contributed by atoms with Crippen LogP contribution in [0.1, 0.15) is 23.2 Å². The maximum atomic E-state index is 11.4. The minimum Gasteiger partial charge on any atom is -0.295 e. The number of aromatic amines is 1. The van der Waals surface area contributed by atoms with E-state index in [4.69, 9.17) is 0 Å². The van der Waals surface area contributed by atoms with E-state index < -0.39 is 0 Å². The zero-order valence-electron chi connectivity index (χ0n) is 10.8. The second-order valence-electron chi connectivity index (χ2n) is 4.93. The van der Waals surface area contributed by atoms with Crippen LogP contribution < -0.4 is 0 Å². The number of aromatic nitrogens is 2. The highest BCUT2D eigenvalue weighted by Crippen LogP contribution is 2.30. The van der Waals surface area contributed by atoms with Crippen LogP contribution in [0.2, 0.25) is 0 Å². The second kappa shape index (κ2) is 4.84. The molecule has 1 aliphatic carbocycles. The number of hydrogen-bond donors (Lipinski definition) is 1. The molecule has 1 N–H and O–H groups in total. The van der Waals surface area contributed by atoms with Gasteiger partial charge in [-0.2, -0.15) is 5.10 Å². The van der Waals surface area contributed by atoms with Gasteiger partial charge in [-0.3, -0.25) is 9.89 Å². The molecule has 0 aliphatic heterocycles. The highest BCUT2D eigenvalue weighted by Gasteiger charge is 2.19. The van der Waals surface area contributed by atoms with Gasteiger partial charge in [0.15, 0.2) is 5.78 Å². The van der Waals surface area contributed by atoms with Crippen molar-refractivity contribution >= 4 is 5.78 Å². The first-order chi connectivity index (χ1) is 9.28. The predicted molar refractivity (Wildman–Crippen MR) is 75.0 cm³/mol.